The monoisotopic (exact) mass is 358 g/mol. The molecule has 1 aliphatic rings. The van der Waals surface area contributed by atoms with Gasteiger partial charge in [-0.3, -0.25) is 9.36 Å². The van der Waals surface area contributed by atoms with Crippen LogP contribution in [0.3, 0.4) is 0 Å². The normalized spacial score (nSPS) is 15.8. The van der Waals surface area contributed by atoms with Gasteiger partial charge in [0.2, 0.25) is 0 Å². The van der Waals surface area contributed by atoms with Crippen molar-refractivity contribution >= 4 is 11.4 Å². The first-order valence-corrected chi connectivity index (χ1v) is 8.82. The first-order valence-electron chi connectivity index (χ1n) is 8.82. The average molecular weight is 358 g/mol. The molecule has 0 aliphatic carbocycles. The predicted molar refractivity (Wildman–Crippen MR) is 103 cm³/mol. The van der Waals surface area contributed by atoms with Gasteiger partial charge in [-0.2, -0.15) is 0 Å². The molecule has 1 aromatic heterocycles. The van der Waals surface area contributed by atoms with Gasteiger partial charge in [0.05, 0.1) is 32.1 Å². The largest absolute Gasteiger partial charge is 0.394 e. The highest BCUT2D eigenvalue weighted by Crippen LogP contribution is 2.19. The van der Waals surface area contributed by atoms with Gasteiger partial charge < -0.3 is 25.8 Å². The average Bonchev–Trinajstić information content (AvgIpc) is 2.65. The molecule has 0 unspecified atom stereocenters. The Bertz CT molecular complexity index is 780. The predicted octanol–water partition coefficient (Wildman–Crippen LogP) is 1.12. The second kappa shape index (κ2) is 8.35. The van der Waals surface area contributed by atoms with Crippen LogP contribution < -0.4 is 21.9 Å². The minimum atomic E-state index is -0.236. The van der Waals surface area contributed by atoms with Crippen LogP contribution in [-0.2, 0) is 16.1 Å². The lowest BCUT2D eigenvalue weighted by molar-refractivity contribution is 0.111. The van der Waals surface area contributed by atoms with E-state index < -0.39 is 0 Å². The van der Waals surface area contributed by atoms with Gasteiger partial charge in [-0.05, 0) is 42.8 Å². The zero-order valence-electron chi connectivity index (χ0n) is 15.1. The number of aromatic nitrogens is 1. The fraction of sp³-hybridized carbons (Fsp3) is 0.421. The quantitative estimate of drug-likeness (QED) is 0.803. The van der Waals surface area contributed by atoms with Crippen LogP contribution in [0.15, 0.2) is 41.3 Å². The Morgan fingerprint density at radius 2 is 1.85 bits per heavy atom. The smallest absolute Gasteiger partial charge is 0.278 e. The molecule has 0 radical (unpaired) electrons. The highest BCUT2D eigenvalue weighted by Gasteiger charge is 2.12. The van der Waals surface area contributed by atoms with E-state index in [1.807, 2.05) is 31.2 Å². The summed E-state index contributed by atoms with van der Waals surface area (Å²) in [7, 11) is 0. The fourth-order valence-electron chi connectivity index (χ4n) is 2.94. The number of ether oxygens (including phenoxy) is 2. The van der Waals surface area contributed by atoms with Crippen molar-refractivity contribution in [1.82, 2.24) is 4.57 Å². The van der Waals surface area contributed by atoms with Crippen LogP contribution in [0, 0.1) is 0 Å². The number of hydrogen-bond acceptors (Lipinski definition) is 6. The zero-order valence-corrected chi connectivity index (χ0v) is 15.1. The van der Waals surface area contributed by atoms with E-state index in [0.717, 1.165) is 43.2 Å². The molecule has 2 aromatic rings. The summed E-state index contributed by atoms with van der Waals surface area (Å²) in [6.07, 6.45) is 1.77. The number of pyridine rings is 1. The lowest BCUT2D eigenvalue weighted by atomic mass is 10.2. The number of benzene rings is 1. The lowest BCUT2D eigenvalue weighted by Gasteiger charge is -2.29. The third-order valence-corrected chi connectivity index (χ3v) is 4.26. The summed E-state index contributed by atoms with van der Waals surface area (Å²) in [5.41, 5.74) is 14.3. The Kier molecular flexibility index (Phi) is 5.92. The van der Waals surface area contributed by atoms with Crippen LogP contribution in [0.25, 0.3) is 5.69 Å². The van der Waals surface area contributed by atoms with E-state index in [1.165, 1.54) is 0 Å². The van der Waals surface area contributed by atoms with Crippen LogP contribution in [0.2, 0.25) is 0 Å². The number of hydrogen-bond donors (Lipinski definition) is 2. The van der Waals surface area contributed by atoms with Crippen LogP contribution in [-0.4, -0.2) is 43.5 Å². The minimum absolute atomic E-state index is 0.0361. The first-order chi connectivity index (χ1) is 12.5. The van der Waals surface area contributed by atoms with Gasteiger partial charge in [0.25, 0.3) is 5.56 Å². The second-order valence-electron chi connectivity index (χ2n) is 6.59. The third kappa shape index (κ3) is 4.43. The molecule has 0 saturated carbocycles. The second-order valence-corrected chi connectivity index (χ2v) is 6.59. The van der Waals surface area contributed by atoms with E-state index in [-0.39, 0.29) is 17.3 Å². The van der Waals surface area contributed by atoms with Crippen LogP contribution in [0.1, 0.15) is 12.5 Å². The summed E-state index contributed by atoms with van der Waals surface area (Å²) >= 11 is 0. The van der Waals surface area contributed by atoms with Gasteiger partial charge in [0, 0.05) is 36.7 Å². The summed E-state index contributed by atoms with van der Waals surface area (Å²) in [5.74, 6) is 0. The molecule has 3 rings (SSSR count). The number of anilines is 2. The van der Waals surface area contributed by atoms with Crippen LogP contribution in [0.5, 0.6) is 0 Å². The summed E-state index contributed by atoms with van der Waals surface area (Å²) in [5, 5.41) is 0. The van der Waals surface area contributed by atoms with Crippen molar-refractivity contribution < 1.29 is 9.47 Å². The molecule has 1 aromatic carbocycles. The maximum absolute atomic E-state index is 12.4. The molecule has 26 heavy (non-hydrogen) atoms. The van der Waals surface area contributed by atoms with E-state index >= 15 is 0 Å². The Labute approximate surface area is 153 Å². The fourth-order valence-corrected chi connectivity index (χ4v) is 2.94. The molecule has 0 spiro atoms. The number of morpholine rings is 1. The maximum Gasteiger partial charge on any atom is 0.278 e. The van der Waals surface area contributed by atoms with Crippen LogP contribution >= 0.6 is 0 Å². The topological polar surface area (TPSA) is 95.7 Å². The minimum Gasteiger partial charge on any atom is -0.394 e. The molecule has 0 bridgehead atoms. The Morgan fingerprint density at radius 3 is 2.50 bits per heavy atom. The molecule has 1 atom stereocenters. The Morgan fingerprint density at radius 1 is 1.19 bits per heavy atom. The molecule has 0 amide bonds. The van der Waals surface area contributed by atoms with Crippen molar-refractivity contribution in [3.63, 3.8) is 0 Å². The van der Waals surface area contributed by atoms with Crippen LogP contribution in [0.4, 0.5) is 11.4 Å². The van der Waals surface area contributed by atoms with Crippen molar-refractivity contribution in [3.05, 3.63) is 52.4 Å². The molecule has 140 valence electrons. The van der Waals surface area contributed by atoms with Crippen molar-refractivity contribution in [2.24, 2.45) is 5.73 Å². The van der Waals surface area contributed by atoms with Gasteiger partial charge in [-0.15, -0.1) is 0 Å². The van der Waals surface area contributed by atoms with E-state index in [1.54, 1.807) is 16.8 Å². The summed E-state index contributed by atoms with van der Waals surface area (Å²) in [4.78, 5) is 14.7. The van der Waals surface area contributed by atoms with Gasteiger partial charge in [0.1, 0.15) is 0 Å². The third-order valence-electron chi connectivity index (χ3n) is 4.26. The van der Waals surface area contributed by atoms with E-state index in [4.69, 9.17) is 20.9 Å². The summed E-state index contributed by atoms with van der Waals surface area (Å²) in [6, 6.07) is 9.51. The number of nitrogens with zero attached hydrogens (tertiary/aromatic N) is 2. The number of nitrogen functional groups attached to an aromatic ring is 1. The van der Waals surface area contributed by atoms with Crippen molar-refractivity contribution in [1.29, 1.82) is 0 Å². The Hall–Kier alpha value is -2.35. The van der Waals surface area contributed by atoms with Gasteiger partial charge in [-0.1, -0.05) is 0 Å². The highest BCUT2D eigenvalue weighted by molar-refractivity contribution is 5.52. The molecule has 1 fully saturated rings. The molecule has 7 heteroatoms. The van der Waals surface area contributed by atoms with Crippen molar-refractivity contribution in [2.75, 3.05) is 43.5 Å². The van der Waals surface area contributed by atoms with E-state index in [0.29, 0.717) is 13.2 Å². The van der Waals surface area contributed by atoms with E-state index in [2.05, 4.69) is 4.90 Å². The molecule has 1 saturated heterocycles. The lowest BCUT2D eigenvalue weighted by Crippen LogP contribution is -2.36. The SMILES string of the molecule is C[C@@H](N)COCc1cc(N)c(=O)n(-c2ccc(N3CCOCC3)cc2)c1. The van der Waals surface area contributed by atoms with Gasteiger partial charge in [0.15, 0.2) is 0 Å². The van der Waals surface area contributed by atoms with Gasteiger partial charge >= 0.3 is 0 Å². The number of rotatable bonds is 6. The Balaban J connectivity index is 1.81. The molecular formula is C19H26N4O3. The molecular weight excluding hydrogens is 332 g/mol. The molecule has 4 N–H and O–H groups in total. The molecule has 7 nitrogen and oxygen atoms in total. The standard InChI is InChI=1S/C19H26N4O3/c1-14(20)12-26-13-15-10-18(21)19(24)23(11-15)17-4-2-16(3-5-17)22-6-8-25-9-7-22/h2-5,10-11,14H,6-9,12-13,20-21H2,1H3/t14-/m1/s1. The van der Waals surface area contributed by atoms with Gasteiger partial charge in [-0.25, -0.2) is 0 Å². The summed E-state index contributed by atoms with van der Waals surface area (Å²) < 4.78 is 12.5. The first kappa shape index (κ1) is 18.4. The highest BCUT2D eigenvalue weighted by atomic mass is 16.5. The van der Waals surface area contributed by atoms with E-state index in [9.17, 15) is 4.79 Å². The van der Waals surface area contributed by atoms with Crippen molar-refractivity contribution in [3.8, 4) is 5.69 Å². The summed E-state index contributed by atoms with van der Waals surface area (Å²) in [6.45, 7) is 5.91. The van der Waals surface area contributed by atoms with Crippen molar-refractivity contribution in [2.45, 2.75) is 19.6 Å². The number of nitrogens with two attached hydrogens (primary N) is 2. The zero-order chi connectivity index (χ0) is 18.5. The molecule has 2 heterocycles. The maximum atomic E-state index is 12.4. The molecule has 1 aliphatic heterocycles.